The summed E-state index contributed by atoms with van der Waals surface area (Å²) >= 11 is 0. The van der Waals surface area contributed by atoms with Crippen LogP contribution in [0.4, 0.5) is 0 Å². The highest BCUT2D eigenvalue weighted by Gasteiger charge is 2.28. The van der Waals surface area contributed by atoms with Crippen LogP contribution in [0.25, 0.3) is 11.4 Å². The van der Waals surface area contributed by atoms with Crippen molar-refractivity contribution in [2.45, 2.75) is 20.5 Å². The zero-order valence-electron chi connectivity index (χ0n) is 15.0. The summed E-state index contributed by atoms with van der Waals surface area (Å²) in [4.78, 5) is 19.6. The molecule has 0 atom stereocenters. The maximum Gasteiger partial charge on any atom is 0.312 e. The van der Waals surface area contributed by atoms with Crippen molar-refractivity contribution in [2.75, 3.05) is 6.61 Å². The lowest BCUT2D eigenvalue weighted by Crippen LogP contribution is -2.30. The van der Waals surface area contributed by atoms with E-state index in [0.717, 1.165) is 17.0 Å². The number of rotatable bonds is 8. The molecule has 0 saturated carbocycles. The van der Waals surface area contributed by atoms with Gasteiger partial charge in [-0.15, -0.1) is 0 Å². The minimum Gasteiger partial charge on any atom is -0.487 e. The highest BCUT2D eigenvalue weighted by atomic mass is 16.5. The summed E-state index contributed by atoms with van der Waals surface area (Å²) in [5, 5.41) is 15.8. The zero-order chi connectivity index (χ0) is 19.3. The number of aromatic amines is 1. The van der Waals surface area contributed by atoms with E-state index in [2.05, 4.69) is 20.2 Å². The third-order valence-electron chi connectivity index (χ3n) is 3.88. The Balaban J connectivity index is 1.52. The second-order valence-electron chi connectivity index (χ2n) is 6.62. The van der Waals surface area contributed by atoms with Gasteiger partial charge < -0.3 is 14.6 Å². The van der Waals surface area contributed by atoms with Gasteiger partial charge in [0.1, 0.15) is 19.0 Å². The number of H-pyrrole nitrogens is 1. The van der Waals surface area contributed by atoms with Gasteiger partial charge in [-0.25, -0.2) is 4.98 Å². The standard InChI is InChI=1S/C19H20N4O4/c1-19(2,18(24)25)12-27-17-6-3-13(9-21-17)11-26-14-4-5-15(20-10-14)16-7-8-22-23-16/h3-10H,11-12H2,1-2H3,(H,22,23)(H,24,25). The normalized spacial score (nSPS) is 11.2. The number of carboxylic acid groups (broad SMARTS) is 1. The van der Waals surface area contributed by atoms with Crippen molar-refractivity contribution in [2.24, 2.45) is 5.41 Å². The van der Waals surface area contributed by atoms with Gasteiger partial charge in [-0.1, -0.05) is 0 Å². The molecule has 27 heavy (non-hydrogen) atoms. The maximum absolute atomic E-state index is 11.1. The molecule has 0 spiro atoms. The first kappa shape index (κ1) is 18.4. The molecule has 8 heteroatoms. The lowest BCUT2D eigenvalue weighted by atomic mass is 9.95. The van der Waals surface area contributed by atoms with Crippen molar-refractivity contribution < 1.29 is 19.4 Å². The fourth-order valence-corrected chi connectivity index (χ4v) is 2.09. The molecule has 0 aliphatic heterocycles. The number of ether oxygens (including phenoxy) is 2. The van der Waals surface area contributed by atoms with E-state index < -0.39 is 11.4 Å². The number of carbonyl (C=O) groups is 1. The van der Waals surface area contributed by atoms with Crippen molar-refractivity contribution in [3.05, 3.63) is 54.5 Å². The van der Waals surface area contributed by atoms with E-state index in [0.29, 0.717) is 18.2 Å². The van der Waals surface area contributed by atoms with E-state index >= 15 is 0 Å². The molecule has 3 rings (SSSR count). The summed E-state index contributed by atoms with van der Waals surface area (Å²) in [7, 11) is 0. The van der Waals surface area contributed by atoms with Crippen LogP contribution in [-0.4, -0.2) is 37.8 Å². The molecule has 8 nitrogen and oxygen atoms in total. The molecule has 0 bridgehead atoms. The topological polar surface area (TPSA) is 110 Å². The van der Waals surface area contributed by atoms with Crippen molar-refractivity contribution in [1.82, 2.24) is 20.2 Å². The fourth-order valence-electron chi connectivity index (χ4n) is 2.09. The second-order valence-corrected chi connectivity index (χ2v) is 6.62. The zero-order valence-corrected chi connectivity index (χ0v) is 15.0. The van der Waals surface area contributed by atoms with Gasteiger partial charge in [0.15, 0.2) is 0 Å². The Morgan fingerprint density at radius 2 is 1.96 bits per heavy atom. The van der Waals surface area contributed by atoms with Crippen LogP contribution >= 0.6 is 0 Å². The number of carboxylic acids is 1. The van der Waals surface area contributed by atoms with Gasteiger partial charge in [-0.2, -0.15) is 5.10 Å². The number of nitrogens with one attached hydrogen (secondary N) is 1. The van der Waals surface area contributed by atoms with E-state index in [9.17, 15) is 4.79 Å². The van der Waals surface area contributed by atoms with Crippen molar-refractivity contribution in [3.8, 4) is 23.0 Å². The van der Waals surface area contributed by atoms with Crippen molar-refractivity contribution in [1.29, 1.82) is 0 Å². The van der Waals surface area contributed by atoms with Crippen LogP contribution in [-0.2, 0) is 11.4 Å². The molecule has 0 unspecified atom stereocenters. The minimum atomic E-state index is -0.973. The van der Waals surface area contributed by atoms with E-state index in [1.165, 1.54) is 0 Å². The summed E-state index contributed by atoms with van der Waals surface area (Å²) < 4.78 is 11.2. The third kappa shape index (κ3) is 4.81. The van der Waals surface area contributed by atoms with Gasteiger partial charge in [-0.05, 0) is 38.1 Å². The summed E-state index contributed by atoms with van der Waals surface area (Å²) in [6.07, 6.45) is 4.95. The SMILES string of the molecule is CC(C)(COc1ccc(COc2ccc(-c3ccn[nH]3)nc2)cn1)C(=O)O. The summed E-state index contributed by atoms with van der Waals surface area (Å²) in [5.74, 6) is 0.0973. The van der Waals surface area contributed by atoms with Gasteiger partial charge in [0.2, 0.25) is 5.88 Å². The van der Waals surface area contributed by atoms with E-state index in [-0.39, 0.29) is 6.61 Å². The number of aliphatic carboxylic acids is 1. The van der Waals surface area contributed by atoms with E-state index in [1.54, 1.807) is 38.5 Å². The van der Waals surface area contributed by atoms with Gasteiger partial charge >= 0.3 is 5.97 Å². The molecule has 3 aromatic rings. The Bertz CT molecular complexity index is 875. The molecule has 0 saturated heterocycles. The number of pyridine rings is 2. The monoisotopic (exact) mass is 368 g/mol. The molecule has 140 valence electrons. The van der Waals surface area contributed by atoms with Crippen molar-refractivity contribution in [3.63, 3.8) is 0 Å². The number of aromatic nitrogens is 4. The van der Waals surface area contributed by atoms with Crippen LogP contribution in [0.3, 0.4) is 0 Å². The van der Waals surface area contributed by atoms with Crippen molar-refractivity contribution >= 4 is 5.97 Å². The molecule has 0 aromatic carbocycles. The Morgan fingerprint density at radius 1 is 1.11 bits per heavy atom. The molecule has 0 radical (unpaired) electrons. The first-order valence-electron chi connectivity index (χ1n) is 8.34. The molecule has 0 fully saturated rings. The number of hydrogen-bond donors (Lipinski definition) is 2. The quantitative estimate of drug-likeness (QED) is 0.629. The van der Waals surface area contributed by atoms with E-state index in [1.807, 2.05) is 24.3 Å². The molecular weight excluding hydrogens is 348 g/mol. The maximum atomic E-state index is 11.1. The third-order valence-corrected chi connectivity index (χ3v) is 3.88. The fraction of sp³-hybridized carbons (Fsp3) is 0.263. The first-order valence-corrected chi connectivity index (χ1v) is 8.34. The van der Waals surface area contributed by atoms with Crippen LogP contribution in [0.1, 0.15) is 19.4 Å². The Labute approximate surface area is 156 Å². The number of nitrogens with zero attached hydrogens (tertiary/aromatic N) is 3. The van der Waals surface area contributed by atoms with Gasteiger partial charge in [0, 0.05) is 24.0 Å². The van der Waals surface area contributed by atoms with Crippen LogP contribution in [0.5, 0.6) is 11.6 Å². The predicted octanol–water partition coefficient (Wildman–Crippen LogP) is 2.94. The second kappa shape index (κ2) is 7.86. The molecule has 0 amide bonds. The lowest BCUT2D eigenvalue weighted by Gasteiger charge is -2.18. The first-order chi connectivity index (χ1) is 12.9. The summed E-state index contributed by atoms with van der Waals surface area (Å²) in [6.45, 7) is 3.57. The van der Waals surface area contributed by atoms with Crippen LogP contribution < -0.4 is 9.47 Å². The Hall–Kier alpha value is -3.42. The van der Waals surface area contributed by atoms with Crippen LogP contribution in [0, 0.1) is 5.41 Å². The molecule has 2 N–H and O–H groups in total. The number of hydrogen-bond acceptors (Lipinski definition) is 6. The highest BCUT2D eigenvalue weighted by molar-refractivity contribution is 5.73. The Kier molecular flexibility index (Phi) is 5.35. The molecule has 3 aromatic heterocycles. The van der Waals surface area contributed by atoms with Gasteiger partial charge in [0.25, 0.3) is 0 Å². The average Bonchev–Trinajstić information content (AvgIpc) is 3.21. The molecular formula is C19H20N4O4. The summed E-state index contributed by atoms with van der Waals surface area (Å²) in [6, 6.07) is 9.04. The molecule has 3 heterocycles. The molecule has 0 aliphatic carbocycles. The minimum absolute atomic E-state index is 0.0412. The van der Waals surface area contributed by atoms with Crippen LogP contribution in [0.15, 0.2) is 48.9 Å². The van der Waals surface area contributed by atoms with Gasteiger partial charge in [-0.3, -0.25) is 14.9 Å². The average molecular weight is 368 g/mol. The predicted molar refractivity (Wildman–Crippen MR) is 97.3 cm³/mol. The summed E-state index contributed by atoms with van der Waals surface area (Å²) in [5.41, 5.74) is 1.51. The lowest BCUT2D eigenvalue weighted by molar-refractivity contribution is -0.148. The Morgan fingerprint density at radius 3 is 2.56 bits per heavy atom. The highest BCUT2D eigenvalue weighted by Crippen LogP contribution is 2.19. The largest absolute Gasteiger partial charge is 0.487 e. The van der Waals surface area contributed by atoms with Gasteiger partial charge in [0.05, 0.1) is 23.0 Å². The van der Waals surface area contributed by atoms with Crippen LogP contribution in [0.2, 0.25) is 0 Å². The smallest absolute Gasteiger partial charge is 0.312 e. The molecule has 0 aliphatic rings. The van der Waals surface area contributed by atoms with E-state index in [4.69, 9.17) is 14.6 Å².